The van der Waals surface area contributed by atoms with Gasteiger partial charge in [0.15, 0.2) is 5.17 Å². The van der Waals surface area contributed by atoms with Gasteiger partial charge in [0.1, 0.15) is 5.75 Å². The molecule has 0 aliphatic rings. The van der Waals surface area contributed by atoms with Crippen molar-refractivity contribution in [1.82, 2.24) is 4.90 Å². The lowest BCUT2D eigenvalue weighted by Gasteiger charge is -2.21. The monoisotopic (exact) mass is 432 g/mol. The Bertz CT molecular complexity index is 723. The van der Waals surface area contributed by atoms with Gasteiger partial charge in [0.25, 0.3) is 0 Å². The highest BCUT2D eigenvalue weighted by Gasteiger charge is 2.18. The van der Waals surface area contributed by atoms with Crippen molar-refractivity contribution in [1.29, 1.82) is 0 Å². The van der Waals surface area contributed by atoms with E-state index in [-0.39, 0.29) is 36.3 Å². The van der Waals surface area contributed by atoms with Crippen molar-refractivity contribution in [3.63, 3.8) is 0 Å². The fraction of sp³-hybridized carbons (Fsp3) is 0.412. The Hall–Kier alpha value is -2.67. The second kappa shape index (κ2) is 14.3. The molecule has 29 heavy (non-hydrogen) atoms. The number of phenolic OH excluding ortho intramolecular Hbond substituents is 1. The number of nitrogens with zero attached hydrogens (tertiary/aromatic N) is 3. The number of amidine groups is 1. The first-order valence-corrected chi connectivity index (χ1v) is 9.12. The summed E-state index contributed by atoms with van der Waals surface area (Å²) in [5.74, 6) is -1.04. The summed E-state index contributed by atoms with van der Waals surface area (Å²) in [6, 6.07) is 3.49. The average molecular weight is 432 g/mol. The first-order valence-electron chi connectivity index (χ1n) is 7.89. The summed E-state index contributed by atoms with van der Waals surface area (Å²) in [5.41, 5.74) is 7.39. The Morgan fingerprint density at radius 2 is 1.76 bits per heavy atom. The third-order valence-corrected chi connectivity index (χ3v) is 3.98. The lowest BCUT2D eigenvalue weighted by Crippen LogP contribution is -2.35. The van der Waals surface area contributed by atoms with Crippen molar-refractivity contribution >= 4 is 35.1 Å². The maximum absolute atomic E-state index is 11.6. The maximum atomic E-state index is 11.6. The molecule has 0 unspecified atom stereocenters. The first kappa shape index (κ1) is 28.5. The third-order valence-electron chi connectivity index (χ3n) is 3.48. The normalized spacial score (nSPS) is 11.0. The minimum Gasteiger partial charge on any atom is -0.507 e. The minimum atomic E-state index is -0.505. The second-order valence-corrected chi connectivity index (χ2v) is 6.37. The SMILES string of the molecule is COC(=O)CN(CC(=O)OC)Cc1cc(C)cc(/C=N/N=C(/N)SC)c1O.O.O. The van der Waals surface area contributed by atoms with Crippen LogP contribution in [0.15, 0.2) is 22.3 Å². The van der Waals surface area contributed by atoms with Crippen molar-refractivity contribution in [3.8, 4) is 5.75 Å². The molecule has 11 nitrogen and oxygen atoms in total. The molecule has 0 saturated carbocycles. The van der Waals surface area contributed by atoms with Crippen LogP contribution in [0.4, 0.5) is 0 Å². The third kappa shape index (κ3) is 9.89. The molecule has 1 aromatic rings. The number of aromatic hydroxyl groups is 1. The molecular weight excluding hydrogens is 404 g/mol. The smallest absolute Gasteiger partial charge is 0.319 e. The van der Waals surface area contributed by atoms with Gasteiger partial charge in [0.2, 0.25) is 0 Å². The Morgan fingerprint density at radius 1 is 1.21 bits per heavy atom. The van der Waals surface area contributed by atoms with Crippen LogP contribution in [0, 0.1) is 6.92 Å². The summed E-state index contributed by atoms with van der Waals surface area (Å²) >= 11 is 1.25. The van der Waals surface area contributed by atoms with Crippen molar-refractivity contribution in [3.05, 3.63) is 28.8 Å². The number of benzene rings is 1. The Morgan fingerprint density at radius 3 is 2.24 bits per heavy atom. The van der Waals surface area contributed by atoms with Crippen LogP contribution in [-0.2, 0) is 25.6 Å². The molecule has 0 amide bonds. The molecule has 12 heteroatoms. The predicted molar refractivity (Wildman–Crippen MR) is 112 cm³/mol. The zero-order valence-corrected chi connectivity index (χ0v) is 17.6. The first-order chi connectivity index (χ1) is 12.8. The molecule has 1 rings (SSSR count). The largest absolute Gasteiger partial charge is 0.507 e. The van der Waals surface area contributed by atoms with Crippen LogP contribution in [0.25, 0.3) is 0 Å². The molecule has 0 fully saturated rings. The summed E-state index contributed by atoms with van der Waals surface area (Å²) < 4.78 is 9.31. The molecule has 0 aliphatic heterocycles. The number of rotatable bonds is 8. The zero-order chi connectivity index (χ0) is 20.4. The van der Waals surface area contributed by atoms with Crippen LogP contribution < -0.4 is 5.73 Å². The number of aryl methyl sites for hydroxylation is 1. The van der Waals surface area contributed by atoms with Crippen LogP contribution >= 0.6 is 11.8 Å². The minimum absolute atomic E-state index is 0. The van der Waals surface area contributed by atoms with Crippen molar-refractivity contribution in [2.45, 2.75) is 13.5 Å². The van der Waals surface area contributed by atoms with E-state index < -0.39 is 11.9 Å². The van der Waals surface area contributed by atoms with E-state index in [2.05, 4.69) is 19.7 Å². The molecule has 0 radical (unpaired) electrons. The van der Waals surface area contributed by atoms with Crippen molar-refractivity contribution in [2.75, 3.05) is 33.6 Å². The van der Waals surface area contributed by atoms with E-state index >= 15 is 0 Å². The zero-order valence-electron chi connectivity index (χ0n) is 16.8. The van der Waals surface area contributed by atoms with Gasteiger partial charge >= 0.3 is 11.9 Å². The topological polar surface area (TPSA) is 190 Å². The number of phenols is 1. The van der Waals surface area contributed by atoms with Gasteiger partial charge in [-0.05, 0) is 24.8 Å². The molecule has 7 N–H and O–H groups in total. The summed E-state index contributed by atoms with van der Waals surface area (Å²) in [7, 11) is 2.52. The highest BCUT2D eigenvalue weighted by atomic mass is 32.2. The van der Waals surface area contributed by atoms with Gasteiger partial charge in [-0.25, -0.2) is 0 Å². The van der Waals surface area contributed by atoms with E-state index in [1.807, 2.05) is 6.92 Å². The fourth-order valence-corrected chi connectivity index (χ4v) is 2.32. The Kier molecular flexibility index (Phi) is 14.1. The number of esters is 2. The van der Waals surface area contributed by atoms with Crippen molar-refractivity contribution < 1.29 is 35.1 Å². The van der Waals surface area contributed by atoms with Crippen molar-refractivity contribution in [2.24, 2.45) is 15.9 Å². The number of nitrogens with two attached hydrogens (primary N) is 1. The van der Waals surface area contributed by atoms with E-state index in [0.29, 0.717) is 16.3 Å². The molecule has 164 valence electrons. The van der Waals surface area contributed by atoms with Gasteiger partial charge < -0.3 is 31.3 Å². The number of ether oxygens (including phenoxy) is 2. The van der Waals surface area contributed by atoms with E-state index in [1.165, 1.54) is 37.1 Å². The Balaban J connectivity index is 0. The highest BCUT2D eigenvalue weighted by Crippen LogP contribution is 2.25. The van der Waals surface area contributed by atoms with Gasteiger partial charge in [-0.15, -0.1) is 5.10 Å². The lowest BCUT2D eigenvalue weighted by molar-refractivity contribution is -0.145. The molecule has 0 spiro atoms. The number of methoxy groups -OCH3 is 2. The summed E-state index contributed by atoms with van der Waals surface area (Å²) in [6.45, 7) is 1.73. The molecule has 0 aromatic heterocycles. The molecule has 0 bridgehead atoms. The van der Waals surface area contributed by atoms with Crippen LogP contribution in [0.2, 0.25) is 0 Å². The van der Waals surface area contributed by atoms with Gasteiger partial charge in [-0.2, -0.15) is 5.10 Å². The molecular formula is C17H28N4O7S. The Labute approximate surface area is 173 Å². The van der Waals surface area contributed by atoms with E-state index in [4.69, 9.17) is 5.73 Å². The number of hydrogen-bond donors (Lipinski definition) is 2. The molecule has 0 heterocycles. The van der Waals surface area contributed by atoms with E-state index in [0.717, 1.165) is 5.56 Å². The van der Waals surface area contributed by atoms with Gasteiger partial charge in [0, 0.05) is 17.7 Å². The average Bonchev–Trinajstić information content (AvgIpc) is 2.64. The lowest BCUT2D eigenvalue weighted by atomic mass is 10.0. The van der Waals surface area contributed by atoms with Crippen LogP contribution in [-0.4, -0.2) is 77.8 Å². The van der Waals surface area contributed by atoms with Crippen LogP contribution in [0.5, 0.6) is 5.75 Å². The van der Waals surface area contributed by atoms with Gasteiger partial charge in [-0.3, -0.25) is 14.5 Å². The number of thioether (sulfide) groups is 1. The number of carbonyl (C=O) groups is 2. The quantitative estimate of drug-likeness (QED) is 0.231. The summed E-state index contributed by atoms with van der Waals surface area (Å²) in [5, 5.41) is 18.5. The second-order valence-electron chi connectivity index (χ2n) is 5.55. The standard InChI is InChI=1S/C17H24N4O5S.2H2O/c1-11-5-12(7-19-20-17(18)27-4)16(24)13(6-11)8-21(9-14(22)25-2)10-15(23)26-3;;/h5-7,24H,8-10H2,1-4H3,(H2,18,20);2*1H2/b19-7+;;. The van der Waals surface area contributed by atoms with Crippen LogP contribution in [0.1, 0.15) is 16.7 Å². The van der Waals surface area contributed by atoms with Crippen LogP contribution in [0.3, 0.4) is 0 Å². The van der Waals surface area contributed by atoms with Gasteiger partial charge in [0.05, 0.1) is 33.5 Å². The molecule has 1 aromatic carbocycles. The van der Waals surface area contributed by atoms with E-state index in [9.17, 15) is 14.7 Å². The highest BCUT2D eigenvalue weighted by molar-refractivity contribution is 8.13. The summed E-state index contributed by atoms with van der Waals surface area (Å²) in [6.07, 6.45) is 3.16. The van der Waals surface area contributed by atoms with Gasteiger partial charge in [-0.1, -0.05) is 17.8 Å². The molecule has 0 atom stereocenters. The summed E-state index contributed by atoms with van der Waals surface area (Å²) in [4.78, 5) is 24.7. The maximum Gasteiger partial charge on any atom is 0.319 e. The number of hydrogen-bond acceptors (Lipinski definition) is 9. The molecule has 0 aliphatic carbocycles. The van der Waals surface area contributed by atoms with E-state index in [1.54, 1.807) is 18.4 Å². The predicted octanol–water partition coefficient (Wildman–Crippen LogP) is -0.789. The number of carbonyl (C=O) groups excluding carboxylic acids is 2. The fourth-order valence-electron chi connectivity index (χ4n) is 2.19. The molecule has 0 saturated heterocycles.